The summed E-state index contributed by atoms with van der Waals surface area (Å²) in [7, 11) is 0. The second-order valence-electron chi connectivity index (χ2n) is 5.81. The molecule has 0 atom stereocenters. The Morgan fingerprint density at radius 2 is 1.96 bits per heavy atom. The molecule has 136 valence electrons. The molecule has 1 N–H and O–H groups in total. The largest absolute Gasteiger partial charge is 0.481 e. The van der Waals surface area contributed by atoms with Gasteiger partial charge in [-0.3, -0.25) is 4.79 Å². The first-order valence-corrected chi connectivity index (χ1v) is 9.36. The first kappa shape index (κ1) is 18.1. The van der Waals surface area contributed by atoms with E-state index in [1.54, 1.807) is 5.51 Å². The van der Waals surface area contributed by atoms with Crippen molar-refractivity contribution in [1.82, 2.24) is 14.5 Å². The highest BCUT2D eigenvalue weighted by molar-refractivity contribution is 7.07. The van der Waals surface area contributed by atoms with Gasteiger partial charge < -0.3 is 9.84 Å². The number of carboxylic acids is 1. The molecule has 0 spiro atoms. The third-order valence-electron chi connectivity index (χ3n) is 3.92. The highest BCUT2D eigenvalue weighted by Crippen LogP contribution is 2.25. The fraction of sp³-hybridized carbons (Fsp3) is 0.333. The zero-order valence-corrected chi connectivity index (χ0v) is 14.9. The van der Waals surface area contributed by atoms with Crippen LogP contribution in [0.25, 0.3) is 22.6 Å². The van der Waals surface area contributed by atoms with Crippen LogP contribution in [0.2, 0.25) is 0 Å². The smallest absolute Gasteiger partial charge is 0.420 e. The number of aromatic nitrogens is 3. The van der Waals surface area contributed by atoms with Crippen molar-refractivity contribution in [1.29, 1.82) is 0 Å². The second-order valence-corrected chi connectivity index (χ2v) is 6.52. The summed E-state index contributed by atoms with van der Waals surface area (Å²) in [4.78, 5) is 31.8. The molecule has 0 bridgehead atoms. The van der Waals surface area contributed by atoms with Crippen molar-refractivity contribution < 1.29 is 19.4 Å². The minimum atomic E-state index is -0.780. The molecule has 2 heterocycles. The van der Waals surface area contributed by atoms with Gasteiger partial charge in [0.25, 0.3) is 0 Å². The lowest BCUT2D eigenvalue weighted by molar-refractivity contribution is -0.137. The van der Waals surface area contributed by atoms with Crippen molar-refractivity contribution >= 4 is 34.4 Å². The molecule has 26 heavy (non-hydrogen) atoms. The molecule has 0 aliphatic rings. The number of hydrogen-bond donors (Lipinski definition) is 1. The van der Waals surface area contributed by atoms with E-state index in [0.717, 1.165) is 12.8 Å². The maximum absolute atomic E-state index is 12.6. The minimum Gasteiger partial charge on any atom is -0.481 e. The molecule has 0 radical (unpaired) electrons. The van der Waals surface area contributed by atoms with Crippen LogP contribution in [-0.4, -0.2) is 38.3 Å². The van der Waals surface area contributed by atoms with E-state index >= 15 is 0 Å². The van der Waals surface area contributed by atoms with E-state index < -0.39 is 12.1 Å². The Bertz CT molecular complexity index is 889. The Kier molecular flexibility index (Phi) is 5.96. The van der Waals surface area contributed by atoms with Crippen molar-refractivity contribution in [3.05, 3.63) is 35.2 Å². The number of benzene rings is 1. The number of nitrogens with zero attached hydrogens (tertiary/aromatic N) is 3. The number of carboxylic acid groups (broad SMARTS) is 1. The van der Waals surface area contributed by atoms with Gasteiger partial charge in [-0.25, -0.2) is 19.3 Å². The molecule has 1 aromatic carbocycles. The topological polar surface area (TPSA) is 94.3 Å². The standard InChI is InChI=1S/C18H19N3O4S/c22-16(23)9-3-1-2-6-10-25-18(24)21-15-8-5-4-7-13(15)20-17(21)14-11-26-12-19-14/h4-5,7-8,11-12H,1-3,6,9-10H2,(H,22,23). The quantitative estimate of drug-likeness (QED) is 0.595. The fourth-order valence-corrected chi connectivity index (χ4v) is 3.19. The summed E-state index contributed by atoms with van der Waals surface area (Å²) in [5.74, 6) is -0.308. The number of para-hydroxylation sites is 2. The van der Waals surface area contributed by atoms with Crippen LogP contribution in [-0.2, 0) is 9.53 Å². The summed E-state index contributed by atoms with van der Waals surface area (Å²) >= 11 is 1.44. The van der Waals surface area contributed by atoms with Gasteiger partial charge in [-0.2, -0.15) is 0 Å². The van der Waals surface area contributed by atoms with Crippen LogP contribution in [0.1, 0.15) is 32.1 Å². The number of aliphatic carboxylic acids is 1. The summed E-state index contributed by atoms with van der Waals surface area (Å²) < 4.78 is 6.86. The van der Waals surface area contributed by atoms with Crippen LogP contribution < -0.4 is 0 Å². The summed E-state index contributed by atoms with van der Waals surface area (Å²) in [5, 5.41) is 10.4. The lowest BCUT2D eigenvalue weighted by Crippen LogP contribution is -2.15. The summed E-state index contributed by atoms with van der Waals surface area (Å²) in [6.07, 6.45) is 2.67. The van der Waals surface area contributed by atoms with Gasteiger partial charge in [0.05, 0.1) is 23.2 Å². The normalized spacial score (nSPS) is 10.9. The Morgan fingerprint density at radius 1 is 1.15 bits per heavy atom. The Morgan fingerprint density at radius 3 is 2.73 bits per heavy atom. The van der Waals surface area contributed by atoms with E-state index in [0.29, 0.717) is 35.4 Å². The highest BCUT2D eigenvalue weighted by atomic mass is 32.1. The molecule has 0 aliphatic carbocycles. The van der Waals surface area contributed by atoms with Crippen LogP contribution in [0.15, 0.2) is 35.2 Å². The van der Waals surface area contributed by atoms with Gasteiger partial charge >= 0.3 is 12.1 Å². The van der Waals surface area contributed by atoms with Gasteiger partial charge in [0.15, 0.2) is 5.82 Å². The monoisotopic (exact) mass is 373 g/mol. The van der Waals surface area contributed by atoms with Crippen LogP contribution in [0, 0.1) is 0 Å². The lowest BCUT2D eigenvalue weighted by Gasteiger charge is -2.08. The van der Waals surface area contributed by atoms with Crippen molar-refractivity contribution in [3.8, 4) is 11.5 Å². The van der Waals surface area contributed by atoms with E-state index in [1.165, 1.54) is 15.9 Å². The van der Waals surface area contributed by atoms with Crippen LogP contribution >= 0.6 is 11.3 Å². The summed E-state index contributed by atoms with van der Waals surface area (Å²) in [6.45, 7) is 0.287. The molecule has 2 aromatic heterocycles. The number of carbonyl (C=O) groups excluding carboxylic acids is 1. The number of fused-ring (bicyclic) bond motifs is 1. The summed E-state index contributed by atoms with van der Waals surface area (Å²) in [5.41, 5.74) is 3.72. The number of rotatable bonds is 8. The minimum absolute atomic E-state index is 0.178. The molecule has 7 nitrogen and oxygen atoms in total. The SMILES string of the molecule is O=C(O)CCCCCCOC(=O)n1c(-c2cscn2)nc2ccccc21. The number of imidazole rings is 1. The van der Waals surface area contributed by atoms with Gasteiger partial charge in [-0.1, -0.05) is 25.0 Å². The van der Waals surface area contributed by atoms with Crippen molar-refractivity contribution in [2.45, 2.75) is 32.1 Å². The van der Waals surface area contributed by atoms with E-state index in [4.69, 9.17) is 9.84 Å². The number of unbranched alkanes of at least 4 members (excludes halogenated alkanes) is 3. The van der Waals surface area contributed by atoms with E-state index in [-0.39, 0.29) is 13.0 Å². The number of thiazole rings is 1. The van der Waals surface area contributed by atoms with Gasteiger partial charge in [0.2, 0.25) is 0 Å². The maximum atomic E-state index is 12.6. The molecule has 8 heteroatoms. The average molecular weight is 373 g/mol. The Balaban J connectivity index is 1.64. The predicted molar refractivity (Wildman–Crippen MR) is 98.3 cm³/mol. The Hall–Kier alpha value is -2.74. The number of carbonyl (C=O) groups is 2. The zero-order valence-electron chi connectivity index (χ0n) is 14.1. The highest BCUT2D eigenvalue weighted by Gasteiger charge is 2.20. The van der Waals surface area contributed by atoms with Gasteiger partial charge in [0, 0.05) is 11.8 Å². The van der Waals surface area contributed by atoms with Crippen molar-refractivity contribution in [2.24, 2.45) is 0 Å². The van der Waals surface area contributed by atoms with E-state index in [9.17, 15) is 9.59 Å². The molecule has 0 unspecified atom stereocenters. The lowest BCUT2D eigenvalue weighted by atomic mass is 10.1. The molecular weight excluding hydrogens is 354 g/mol. The average Bonchev–Trinajstić information content (AvgIpc) is 3.27. The fourth-order valence-electron chi connectivity index (χ4n) is 2.66. The second kappa shape index (κ2) is 8.57. The van der Waals surface area contributed by atoms with Crippen LogP contribution in [0.3, 0.4) is 0 Å². The van der Waals surface area contributed by atoms with Crippen molar-refractivity contribution in [2.75, 3.05) is 6.61 Å². The van der Waals surface area contributed by atoms with Crippen molar-refractivity contribution in [3.63, 3.8) is 0 Å². The van der Waals surface area contributed by atoms with Crippen LogP contribution in [0.4, 0.5) is 4.79 Å². The molecule has 0 saturated heterocycles. The number of ether oxygens (including phenoxy) is 1. The molecule has 0 aliphatic heterocycles. The van der Waals surface area contributed by atoms with E-state index in [1.807, 2.05) is 29.6 Å². The molecule has 0 amide bonds. The third kappa shape index (κ3) is 4.26. The molecule has 3 aromatic rings. The first-order valence-electron chi connectivity index (χ1n) is 8.42. The third-order valence-corrected chi connectivity index (χ3v) is 4.50. The molecular formula is C18H19N3O4S. The molecule has 3 rings (SSSR count). The van der Waals surface area contributed by atoms with Gasteiger partial charge in [-0.15, -0.1) is 11.3 Å². The molecule has 0 saturated carbocycles. The van der Waals surface area contributed by atoms with Gasteiger partial charge in [0.1, 0.15) is 5.69 Å². The summed E-state index contributed by atoms with van der Waals surface area (Å²) in [6, 6.07) is 7.39. The maximum Gasteiger partial charge on any atom is 0.420 e. The first-order chi connectivity index (χ1) is 12.7. The molecule has 0 fully saturated rings. The number of hydrogen-bond acceptors (Lipinski definition) is 6. The Labute approximate surface area is 154 Å². The zero-order chi connectivity index (χ0) is 18.4. The van der Waals surface area contributed by atoms with E-state index in [2.05, 4.69) is 9.97 Å². The predicted octanol–water partition coefficient (Wildman–Crippen LogP) is 4.18. The van der Waals surface area contributed by atoms with Gasteiger partial charge in [-0.05, 0) is 25.0 Å². The van der Waals surface area contributed by atoms with Crippen LogP contribution in [0.5, 0.6) is 0 Å².